The van der Waals surface area contributed by atoms with Gasteiger partial charge in [0.25, 0.3) is 0 Å². The van der Waals surface area contributed by atoms with Crippen LogP contribution in [0.15, 0.2) is 16.8 Å². The van der Waals surface area contributed by atoms with Crippen LogP contribution in [0.4, 0.5) is 5.95 Å². The zero-order valence-corrected chi connectivity index (χ0v) is 7.65. The molecule has 0 amide bonds. The lowest BCUT2D eigenvalue weighted by atomic mass is 10.5. The lowest BCUT2D eigenvalue weighted by Crippen LogP contribution is -1.98. The molecule has 2 aromatic heterocycles. The lowest BCUT2D eigenvalue weighted by Gasteiger charge is -1.97. The molecule has 3 N–H and O–H groups in total. The predicted octanol–water partition coefficient (Wildman–Crippen LogP) is 1.57. The van der Waals surface area contributed by atoms with Crippen LogP contribution in [0.1, 0.15) is 0 Å². The number of nitrogens with two attached hydrogens (primary N) is 1. The zero-order chi connectivity index (χ0) is 8.55. The Morgan fingerprint density at radius 3 is 3.00 bits per heavy atom. The number of aromatic nitrogens is 3. The summed E-state index contributed by atoms with van der Waals surface area (Å²) in [6.45, 7) is 0. The summed E-state index contributed by atoms with van der Waals surface area (Å²) in [4.78, 5) is 0. The Balaban J connectivity index is 2.68. The maximum Gasteiger partial charge on any atom is 0.225 e. The highest BCUT2D eigenvalue weighted by Crippen LogP contribution is 2.14. The Morgan fingerprint density at radius 2 is 2.50 bits per heavy atom. The number of nitrogens with one attached hydrogen (secondary N) is 1. The van der Waals surface area contributed by atoms with Crippen molar-refractivity contribution >= 4 is 29.5 Å². The van der Waals surface area contributed by atoms with Crippen LogP contribution in [0, 0.1) is 4.77 Å². The molecular formula is C6H6N4S2. The molecular weight excluding hydrogens is 192 g/mol. The van der Waals surface area contributed by atoms with Gasteiger partial charge in [0.15, 0.2) is 0 Å². The van der Waals surface area contributed by atoms with E-state index in [0.717, 1.165) is 5.69 Å². The van der Waals surface area contributed by atoms with Gasteiger partial charge in [-0.05, 0) is 23.7 Å². The fraction of sp³-hybridized carbons (Fsp3) is 0. The van der Waals surface area contributed by atoms with Crippen molar-refractivity contribution in [1.29, 1.82) is 0 Å². The summed E-state index contributed by atoms with van der Waals surface area (Å²) < 4.78 is 2.21. The summed E-state index contributed by atoms with van der Waals surface area (Å²) in [6, 6.07) is 1.94. The van der Waals surface area contributed by atoms with Crippen molar-refractivity contribution < 1.29 is 0 Å². The Bertz CT molecular complexity index is 425. The summed E-state index contributed by atoms with van der Waals surface area (Å²) in [7, 11) is 0. The van der Waals surface area contributed by atoms with Gasteiger partial charge in [-0.3, -0.25) is 4.57 Å². The first-order valence-corrected chi connectivity index (χ1v) is 4.59. The number of nitrogens with zero attached hydrogens (tertiary/aromatic N) is 2. The molecule has 0 aliphatic carbocycles. The van der Waals surface area contributed by atoms with E-state index in [1.807, 2.05) is 16.8 Å². The van der Waals surface area contributed by atoms with Gasteiger partial charge in [0.1, 0.15) is 0 Å². The number of rotatable bonds is 1. The quantitative estimate of drug-likeness (QED) is 0.684. The van der Waals surface area contributed by atoms with Crippen LogP contribution in [-0.4, -0.2) is 14.8 Å². The normalized spacial score (nSPS) is 10.3. The van der Waals surface area contributed by atoms with Gasteiger partial charge >= 0.3 is 0 Å². The number of aromatic amines is 1. The summed E-state index contributed by atoms with van der Waals surface area (Å²) in [5, 5.41) is 10.3. The molecule has 0 aliphatic heterocycles. The maximum absolute atomic E-state index is 5.59. The van der Waals surface area contributed by atoms with Crippen molar-refractivity contribution in [2.24, 2.45) is 0 Å². The molecule has 2 heterocycles. The second-order valence-electron chi connectivity index (χ2n) is 2.20. The third kappa shape index (κ3) is 1.05. The summed E-state index contributed by atoms with van der Waals surface area (Å²) >= 11 is 6.58. The Hall–Kier alpha value is -1.14. The van der Waals surface area contributed by atoms with Crippen molar-refractivity contribution in [2.75, 3.05) is 5.73 Å². The van der Waals surface area contributed by atoms with Gasteiger partial charge in [-0.1, -0.05) is 0 Å². The molecule has 0 saturated carbocycles. The number of thiophene rings is 1. The SMILES string of the molecule is Nc1n[nH]c(=S)n1-c1ccsc1. The van der Waals surface area contributed by atoms with Crippen molar-refractivity contribution in [3.8, 4) is 5.69 Å². The third-order valence-corrected chi connectivity index (χ3v) is 2.41. The Kier molecular flexibility index (Phi) is 1.70. The Labute approximate surface area is 77.7 Å². The number of nitrogen functional groups attached to an aromatic ring is 1. The van der Waals surface area contributed by atoms with Crippen LogP contribution in [0.25, 0.3) is 5.69 Å². The van der Waals surface area contributed by atoms with E-state index < -0.39 is 0 Å². The minimum absolute atomic E-state index is 0.387. The van der Waals surface area contributed by atoms with Gasteiger partial charge in [-0.15, -0.1) is 5.10 Å². The van der Waals surface area contributed by atoms with Crippen LogP contribution in [0.2, 0.25) is 0 Å². The average molecular weight is 198 g/mol. The molecule has 12 heavy (non-hydrogen) atoms. The van der Waals surface area contributed by atoms with E-state index in [1.54, 1.807) is 15.9 Å². The van der Waals surface area contributed by atoms with Gasteiger partial charge in [-0.25, -0.2) is 5.10 Å². The first-order valence-electron chi connectivity index (χ1n) is 3.24. The molecule has 0 bridgehead atoms. The molecule has 62 valence electrons. The summed E-state index contributed by atoms with van der Waals surface area (Å²) in [6.07, 6.45) is 0. The van der Waals surface area contributed by atoms with E-state index in [1.165, 1.54) is 0 Å². The highest BCUT2D eigenvalue weighted by Gasteiger charge is 2.03. The molecule has 0 atom stereocenters. The van der Waals surface area contributed by atoms with E-state index >= 15 is 0 Å². The number of hydrogen-bond donors (Lipinski definition) is 2. The first-order chi connectivity index (χ1) is 5.79. The molecule has 0 spiro atoms. The molecule has 2 aromatic rings. The van der Waals surface area contributed by atoms with Gasteiger partial charge in [0.05, 0.1) is 5.69 Å². The van der Waals surface area contributed by atoms with Crippen LogP contribution in [-0.2, 0) is 0 Å². The highest BCUT2D eigenvalue weighted by molar-refractivity contribution is 7.71. The molecule has 0 fully saturated rings. The number of hydrogen-bond acceptors (Lipinski definition) is 4. The van der Waals surface area contributed by atoms with E-state index in [0.29, 0.717) is 10.7 Å². The molecule has 2 rings (SSSR count). The van der Waals surface area contributed by atoms with Crippen LogP contribution in [0.3, 0.4) is 0 Å². The first kappa shape index (κ1) is 7.51. The molecule has 6 heteroatoms. The van der Waals surface area contributed by atoms with Crippen molar-refractivity contribution in [2.45, 2.75) is 0 Å². The molecule has 4 nitrogen and oxygen atoms in total. The molecule has 0 unspecified atom stereocenters. The fourth-order valence-corrected chi connectivity index (χ4v) is 1.81. The largest absolute Gasteiger partial charge is 0.368 e. The van der Waals surface area contributed by atoms with Crippen molar-refractivity contribution in [1.82, 2.24) is 14.8 Å². The number of anilines is 1. The highest BCUT2D eigenvalue weighted by atomic mass is 32.1. The summed E-state index contributed by atoms with van der Waals surface area (Å²) in [5.41, 5.74) is 6.55. The predicted molar refractivity (Wildman–Crippen MR) is 51.0 cm³/mol. The zero-order valence-electron chi connectivity index (χ0n) is 6.02. The standard InChI is InChI=1S/C6H6N4S2/c7-5-8-9-6(11)10(5)4-1-2-12-3-4/h1-3H,(H2,7,8)(H,9,11). The fourth-order valence-electron chi connectivity index (χ4n) is 0.943. The van der Waals surface area contributed by atoms with Gasteiger partial charge < -0.3 is 5.73 Å². The second kappa shape index (κ2) is 2.72. The number of H-pyrrole nitrogens is 1. The molecule has 0 radical (unpaired) electrons. The minimum atomic E-state index is 0.387. The van der Waals surface area contributed by atoms with E-state index in [4.69, 9.17) is 18.0 Å². The molecule has 0 aliphatic rings. The lowest BCUT2D eigenvalue weighted by molar-refractivity contribution is 1.04. The van der Waals surface area contributed by atoms with Crippen LogP contribution >= 0.6 is 23.6 Å². The van der Waals surface area contributed by atoms with Gasteiger partial charge in [0, 0.05) is 5.38 Å². The van der Waals surface area contributed by atoms with Crippen LogP contribution in [0.5, 0.6) is 0 Å². The van der Waals surface area contributed by atoms with Gasteiger partial charge in [0.2, 0.25) is 10.7 Å². The minimum Gasteiger partial charge on any atom is -0.368 e. The van der Waals surface area contributed by atoms with E-state index in [9.17, 15) is 0 Å². The topological polar surface area (TPSA) is 59.6 Å². The van der Waals surface area contributed by atoms with Crippen molar-refractivity contribution in [3.05, 3.63) is 21.6 Å². The third-order valence-electron chi connectivity index (χ3n) is 1.46. The maximum atomic E-state index is 5.59. The summed E-state index contributed by atoms with van der Waals surface area (Å²) in [5.74, 6) is 0.387. The second-order valence-corrected chi connectivity index (χ2v) is 3.37. The smallest absolute Gasteiger partial charge is 0.225 e. The Morgan fingerprint density at radius 1 is 1.67 bits per heavy atom. The average Bonchev–Trinajstić information content (AvgIpc) is 2.61. The monoisotopic (exact) mass is 198 g/mol. The van der Waals surface area contributed by atoms with Crippen molar-refractivity contribution in [3.63, 3.8) is 0 Å². The van der Waals surface area contributed by atoms with Crippen LogP contribution < -0.4 is 5.73 Å². The molecule has 0 saturated heterocycles. The molecule has 0 aromatic carbocycles. The van der Waals surface area contributed by atoms with Gasteiger partial charge in [-0.2, -0.15) is 11.3 Å². The van der Waals surface area contributed by atoms with E-state index in [2.05, 4.69) is 10.2 Å². The van der Waals surface area contributed by atoms with E-state index in [-0.39, 0.29) is 0 Å².